The number of ether oxygens (including phenoxy) is 1. The van der Waals surface area contributed by atoms with Crippen molar-refractivity contribution in [1.29, 1.82) is 0 Å². The van der Waals surface area contributed by atoms with E-state index in [2.05, 4.69) is 10.3 Å². The quantitative estimate of drug-likeness (QED) is 0.722. The number of hydrogen-bond donors (Lipinski definition) is 1. The van der Waals surface area contributed by atoms with Crippen molar-refractivity contribution in [2.75, 3.05) is 11.9 Å². The monoisotopic (exact) mass is 334 g/mol. The van der Waals surface area contributed by atoms with Crippen molar-refractivity contribution in [3.05, 3.63) is 65.4 Å². The van der Waals surface area contributed by atoms with Crippen LogP contribution in [0.5, 0.6) is 5.75 Å². The molecule has 4 heteroatoms. The summed E-state index contributed by atoms with van der Waals surface area (Å²) in [7, 11) is 0. The molecule has 1 heterocycles. The van der Waals surface area contributed by atoms with Gasteiger partial charge in [0.25, 0.3) is 5.91 Å². The molecule has 0 saturated carbocycles. The van der Waals surface area contributed by atoms with Crippen molar-refractivity contribution in [3.8, 4) is 5.75 Å². The Morgan fingerprint density at radius 1 is 1.12 bits per heavy atom. The molecule has 0 saturated heterocycles. The minimum absolute atomic E-state index is 0.180. The third kappa shape index (κ3) is 3.79. The summed E-state index contributed by atoms with van der Waals surface area (Å²) in [6.45, 7) is 6.55. The van der Waals surface area contributed by atoms with Crippen molar-refractivity contribution in [2.24, 2.45) is 0 Å². The van der Waals surface area contributed by atoms with Gasteiger partial charge in [0, 0.05) is 5.39 Å². The molecule has 128 valence electrons. The van der Waals surface area contributed by atoms with Crippen molar-refractivity contribution >= 4 is 22.5 Å². The van der Waals surface area contributed by atoms with Gasteiger partial charge in [0.2, 0.25) is 0 Å². The Hall–Kier alpha value is -2.88. The summed E-state index contributed by atoms with van der Waals surface area (Å²) in [5.74, 6) is 0.501. The number of hydrogen-bond acceptors (Lipinski definition) is 3. The molecular weight excluding hydrogens is 312 g/mol. The molecule has 3 aromatic rings. The van der Waals surface area contributed by atoms with E-state index >= 15 is 0 Å². The molecule has 1 amide bonds. The molecule has 0 spiro atoms. The number of para-hydroxylation sites is 2. The largest absolute Gasteiger partial charge is 0.491 e. The van der Waals surface area contributed by atoms with Gasteiger partial charge in [0.05, 0.1) is 29.1 Å². The molecule has 0 radical (unpaired) electrons. The first-order valence-corrected chi connectivity index (χ1v) is 8.49. The molecular formula is C21H22N2O2. The van der Waals surface area contributed by atoms with Crippen LogP contribution in [0.3, 0.4) is 0 Å². The summed E-state index contributed by atoms with van der Waals surface area (Å²) in [5.41, 5.74) is 3.99. The maximum absolute atomic E-state index is 12.8. The van der Waals surface area contributed by atoms with Crippen LogP contribution in [0.25, 0.3) is 10.9 Å². The van der Waals surface area contributed by atoms with E-state index in [1.54, 1.807) is 0 Å². The fraction of sp³-hybridized carbons (Fsp3) is 0.238. The first kappa shape index (κ1) is 17.0. The highest BCUT2D eigenvalue weighted by atomic mass is 16.5. The number of benzene rings is 2. The van der Waals surface area contributed by atoms with Gasteiger partial charge in [-0.05, 0) is 50.6 Å². The van der Waals surface area contributed by atoms with Crippen LogP contribution < -0.4 is 10.1 Å². The second-order valence-electron chi connectivity index (χ2n) is 6.12. The molecule has 0 bridgehead atoms. The van der Waals surface area contributed by atoms with E-state index in [-0.39, 0.29) is 5.91 Å². The third-order valence-corrected chi connectivity index (χ3v) is 4.00. The average Bonchev–Trinajstić information content (AvgIpc) is 2.60. The smallest absolute Gasteiger partial charge is 0.257 e. The highest BCUT2D eigenvalue weighted by Gasteiger charge is 2.14. The standard InChI is InChI=1S/C21H22N2O2/c1-4-11-25-20-8-6-5-7-19(20)23-21(24)17-13-16-12-14(2)9-10-18(16)22-15(17)3/h5-10,12-13H,4,11H2,1-3H3,(H,23,24). The van der Waals surface area contributed by atoms with Gasteiger partial charge in [-0.15, -0.1) is 0 Å². The van der Waals surface area contributed by atoms with Crippen molar-refractivity contribution in [1.82, 2.24) is 4.98 Å². The Balaban J connectivity index is 1.91. The number of nitrogens with zero attached hydrogens (tertiary/aromatic N) is 1. The molecule has 2 aromatic carbocycles. The summed E-state index contributed by atoms with van der Waals surface area (Å²) >= 11 is 0. The van der Waals surface area contributed by atoms with E-state index < -0.39 is 0 Å². The van der Waals surface area contributed by atoms with Crippen LogP contribution in [0, 0.1) is 13.8 Å². The fourth-order valence-electron chi connectivity index (χ4n) is 2.72. The zero-order valence-electron chi connectivity index (χ0n) is 14.8. The summed E-state index contributed by atoms with van der Waals surface area (Å²) < 4.78 is 5.71. The number of anilines is 1. The summed E-state index contributed by atoms with van der Waals surface area (Å²) in [6.07, 6.45) is 0.912. The molecule has 1 N–H and O–H groups in total. The highest BCUT2D eigenvalue weighted by molar-refractivity contribution is 6.07. The zero-order valence-corrected chi connectivity index (χ0v) is 14.8. The highest BCUT2D eigenvalue weighted by Crippen LogP contribution is 2.25. The lowest BCUT2D eigenvalue weighted by molar-refractivity contribution is 0.102. The van der Waals surface area contributed by atoms with Gasteiger partial charge in [-0.3, -0.25) is 9.78 Å². The Morgan fingerprint density at radius 3 is 2.72 bits per heavy atom. The Bertz CT molecular complexity index is 919. The average molecular weight is 334 g/mol. The van der Waals surface area contributed by atoms with E-state index in [4.69, 9.17) is 4.74 Å². The number of aromatic nitrogens is 1. The van der Waals surface area contributed by atoms with Gasteiger partial charge in [-0.25, -0.2) is 0 Å². The van der Waals surface area contributed by atoms with Gasteiger partial charge in [-0.2, -0.15) is 0 Å². The van der Waals surface area contributed by atoms with Crippen molar-refractivity contribution in [3.63, 3.8) is 0 Å². The number of fused-ring (bicyclic) bond motifs is 1. The molecule has 0 aliphatic rings. The van der Waals surface area contributed by atoms with E-state index in [1.165, 1.54) is 0 Å². The lowest BCUT2D eigenvalue weighted by Crippen LogP contribution is -2.15. The summed E-state index contributed by atoms with van der Waals surface area (Å²) in [6, 6.07) is 15.4. The van der Waals surface area contributed by atoms with Gasteiger partial charge < -0.3 is 10.1 Å². The van der Waals surface area contributed by atoms with Crippen LogP contribution in [0.15, 0.2) is 48.5 Å². The van der Waals surface area contributed by atoms with E-state index in [0.29, 0.717) is 29.3 Å². The van der Waals surface area contributed by atoms with E-state index in [0.717, 1.165) is 22.9 Å². The normalized spacial score (nSPS) is 10.7. The number of carbonyl (C=O) groups excluding carboxylic acids is 1. The maximum Gasteiger partial charge on any atom is 0.257 e. The maximum atomic E-state index is 12.8. The van der Waals surface area contributed by atoms with Crippen LogP contribution in [0.1, 0.15) is 35.0 Å². The van der Waals surface area contributed by atoms with Crippen LogP contribution in [0.2, 0.25) is 0 Å². The van der Waals surface area contributed by atoms with Crippen molar-refractivity contribution in [2.45, 2.75) is 27.2 Å². The van der Waals surface area contributed by atoms with Gasteiger partial charge >= 0.3 is 0 Å². The number of aryl methyl sites for hydroxylation is 2. The number of carbonyl (C=O) groups is 1. The number of pyridine rings is 1. The lowest BCUT2D eigenvalue weighted by Gasteiger charge is -2.13. The topological polar surface area (TPSA) is 51.2 Å². The summed E-state index contributed by atoms with van der Waals surface area (Å²) in [4.78, 5) is 17.3. The first-order chi connectivity index (χ1) is 12.1. The molecule has 0 unspecified atom stereocenters. The molecule has 25 heavy (non-hydrogen) atoms. The first-order valence-electron chi connectivity index (χ1n) is 8.49. The minimum Gasteiger partial charge on any atom is -0.491 e. The predicted molar refractivity (Wildman–Crippen MR) is 101 cm³/mol. The van der Waals surface area contributed by atoms with Crippen LogP contribution in [-0.4, -0.2) is 17.5 Å². The van der Waals surface area contributed by atoms with Crippen LogP contribution >= 0.6 is 0 Å². The van der Waals surface area contributed by atoms with E-state index in [9.17, 15) is 4.79 Å². The van der Waals surface area contributed by atoms with Gasteiger partial charge in [0.15, 0.2) is 0 Å². The third-order valence-electron chi connectivity index (χ3n) is 4.00. The molecule has 1 aromatic heterocycles. The molecule has 3 rings (SSSR count). The van der Waals surface area contributed by atoms with E-state index in [1.807, 2.05) is 69.3 Å². The molecule has 0 aliphatic heterocycles. The molecule has 0 atom stereocenters. The van der Waals surface area contributed by atoms with Crippen LogP contribution in [-0.2, 0) is 0 Å². The fourth-order valence-corrected chi connectivity index (χ4v) is 2.72. The Morgan fingerprint density at radius 2 is 1.92 bits per heavy atom. The lowest BCUT2D eigenvalue weighted by atomic mass is 10.1. The Labute approximate surface area is 147 Å². The zero-order chi connectivity index (χ0) is 17.8. The SMILES string of the molecule is CCCOc1ccccc1NC(=O)c1cc2cc(C)ccc2nc1C. The molecule has 0 fully saturated rings. The predicted octanol–water partition coefficient (Wildman–Crippen LogP) is 4.89. The number of amides is 1. The van der Waals surface area contributed by atoms with Gasteiger partial charge in [-0.1, -0.05) is 30.7 Å². The second kappa shape index (κ2) is 7.34. The summed E-state index contributed by atoms with van der Waals surface area (Å²) in [5, 5.41) is 3.92. The van der Waals surface area contributed by atoms with Gasteiger partial charge in [0.1, 0.15) is 5.75 Å². The van der Waals surface area contributed by atoms with Crippen molar-refractivity contribution < 1.29 is 9.53 Å². The number of rotatable bonds is 5. The molecule has 4 nitrogen and oxygen atoms in total. The second-order valence-corrected chi connectivity index (χ2v) is 6.12. The van der Waals surface area contributed by atoms with Crippen LogP contribution in [0.4, 0.5) is 5.69 Å². The Kier molecular flexibility index (Phi) is 4.98. The molecule has 0 aliphatic carbocycles. The minimum atomic E-state index is -0.180. The number of nitrogens with one attached hydrogen (secondary N) is 1.